The SMILES string of the molecule is Cc1c(Cl)cccc1C(Cl)c1ccc(C(C)C)cc1. The van der Waals surface area contributed by atoms with Crippen molar-refractivity contribution in [1.29, 1.82) is 0 Å². The van der Waals surface area contributed by atoms with Crippen LogP contribution in [-0.4, -0.2) is 0 Å². The Hall–Kier alpha value is -0.980. The first kappa shape index (κ1) is 14.4. The van der Waals surface area contributed by atoms with Gasteiger partial charge in [-0.15, -0.1) is 11.6 Å². The minimum Gasteiger partial charge on any atom is -0.113 e. The molecule has 19 heavy (non-hydrogen) atoms. The molecule has 0 spiro atoms. The van der Waals surface area contributed by atoms with Crippen molar-refractivity contribution in [1.82, 2.24) is 0 Å². The van der Waals surface area contributed by atoms with Crippen LogP contribution in [0.15, 0.2) is 42.5 Å². The van der Waals surface area contributed by atoms with E-state index in [4.69, 9.17) is 23.2 Å². The molecule has 1 unspecified atom stereocenters. The highest BCUT2D eigenvalue weighted by Gasteiger charge is 2.14. The van der Waals surface area contributed by atoms with E-state index in [2.05, 4.69) is 38.1 Å². The van der Waals surface area contributed by atoms with Gasteiger partial charge in [-0.1, -0.05) is 61.8 Å². The fourth-order valence-corrected chi connectivity index (χ4v) is 2.69. The van der Waals surface area contributed by atoms with Crippen molar-refractivity contribution in [2.24, 2.45) is 0 Å². The predicted molar refractivity (Wildman–Crippen MR) is 84.4 cm³/mol. The summed E-state index contributed by atoms with van der Waals surface area (Å²) in [6.45, 7) is 6.39. The predicted octanol–water partition coefficient (Wildman–Crippen LogP) is 6.10. The van der Waals surface area contributed by atoms with E-state index in [0.717, 1.165) is 21.7 Å². The molecule has 0 nitrogen and oxygen atoms in total. The molecule has 0 heterocycles. The quantitative estimate of drug-likeness (QED) is 0.600. The third kappa shape index (κ3) is 3.13. The van der Waals surface area contributed by atoms with Crippen LogP contribution in [0.1, 0.15) is 47.4 Å². The molecule has 2 aromatic carbocycles. The Balaban J connectivity index is 2.33. The van der Waals surface area contributed by atoms with Crippen molar-refractivity contribution in [3.8, 4) is 0 Å². The van der Waals surface area contributed by atoms with E-state index in [-0.39, 0.29) is 5.38 Å². The van der Waals surface area contributed by atoms with Crippen molar-refractivity contribution in [2.45, 2.75) is 32.1 Å². The van der Waals surface area contributed by atoms with Gasteiger partial charge in [0.15, 0.2) is 0 Å². The fourth-order valence-electron chi connectivity index (χ4n) is 2.13. The van der Waals surface area contributed by atoms with Gasteiger partial charge in [-0.05, 0) is 41.2 Å². The van der Waals surface area contributed by atoms with Crippen LogP contribution in [0.2, 0.25) is 5.02 Å². The van der Waals surface area contributed by atoms with E-state index < -0.39 is 0 Å². The summed E-state index contributed by atoms with van der Waals surface area (Å²) in [6.07, 6.45) is 0. The van der Waals surface area contributed by atoms with Crippen LogP contribution in [0.4, 0.5) is 0 Å². The van der Waals surface area contributed by atoms with Crippen molar-refractivity contribution in [3.05, 3.63) is 69.7 Å². The van der Waals surface area contributed by atoms with E-state index in [1.165, 1.54) is 5.56 Å². The average Bonchev–Trinajstić information content (AvgIpc) is 2.41. The maximum absolute atomic E-state index is 6.58. The second kappa shape index (κ2) is 5.98. The first-order chi connectivity index (χ1) is 9.00. The lowest BCUT2D eigenvalue weighted by Crippen LogP contribution is -1.97. The van der Waals surface area contributed by atoms with Crippen LogP contribution in [0, 0.1) is 6.92 Å². The summed E-state index contributed by atoms with van der Waals surface area (Å²) in [5.74, 6) is 0.538. The average molecular weight is 293 g/mol. The molecule has 0 N–H and O–H groups in total. The summed E-state index contributed by atoms with van der Waals surface area (Å²) >= 11 is 12.7. The molecule has 0 aliphatic rings. The van der Waals surface area contributed by atoms with Gasteiger partial charge in [-0.25, -0.2) is 0 Å². The van der Waals surface area contributed by atoms with Gasteiger partial charge in [0.05, 0.1) is 5.38 Å². The van der Waals surface area contributed by atoms with Gasteiger partial charge in [0.25, 0.3) is 0 Å². The van der Waals surface area contributed by atoms with Crippen LogP contribution < -0.4 is 0 Å². The summed E-state index contributed by atoms with van der Waals surface area (Å²) < 4.78 is 0. The number of halogens is 2. The van der Waals surface area contributed by atoms with E-state index >= 15 is 0 Å². The largest absolute Gasteiger partial charge is 0.113 e. The third-order valence-electron chi connectivity index (χ3n) is 3.48. The third-order valence-corrected chi connectivity index (χ3v) is 4.37. The molecule has 2 aromatic rings. The zero-order valence-electron chi connectivity index (χ0n) is 11.5. The highest BCUT2D eigenvalue weighted by molar-refractivity contribution is 6.31. The van der Waals surface area contributed by atoms with Crippen molar-refractivity contribution >= 4 is 23.2 Å². The number of rotatable bonds is 3. The lowest BCUT2D eigenvalue weighted by molar-refractivity contribution is 0.865. The second-order valence-corrected chi connectivity index (χ2v) is 5.98. The topological polar surface area (TPSA) is 0 Å². The maximum atomic E-state index is 6.58. The van der Waals surface area contributed by atoms with E-state index in [0.29, 0.717) is 5.92 Å². The minimum atomic E-state index is -0.153. The van der Waals surface area contributed by atoms with Gasteiger partial charge in [-0.3, -0.25) is 0 Å². The Kier molecular flexibility index (Phi) is 4.54. The standard InChI is InChI=1S/C17H18Cl2/c1-11(2)13-7-9-14(10-8-13)17(19)15-5-4-6-16(18)12(15)3/h4-11,17H,1-3H3. The molecule has 2 rings (SSSR count). The molecule has 2 heteroatoms. The molecule has 0 fully saturated rings. The summed E-state index contributed by atoms with van der Waals surface area (Å²) in [6, 6.07) is 14.4. The number of hydrogen-bond acceptors (Lipinski definition) is 0. The number of benzene rings is 2. The molecule has 0 bridgehead atoms. The maximum Gasteiger partial charge on any atom is 0.0838 e. The molecule has 0 radical (unpaired) electrons. The van der Waals surface area contributed by atoms with Crippen molar-refractivity contribution < 1.29 is 0 Å². The molecule has 0 saturated carbocycles. The molecular weight excluding hydrogens is 275 g/mol. The number of hydrogen-bond donors (Lipinski definition) is 0. The molecule has 0 aliphatic heterocycles. The Morgan fingerprint density at radius 2 is 1.47 bits per heavy atom. The molecule has 1 atom stereocenters. The fraction of sp³-hybridized carbons (Fsp3) is 0.294. The normalized spacial score (nSPS) is 12.7. The Morgan fingerprint density at radius 3 is 2.05 bits per heavy atom. The van der Waals surface area contributed by atoms with Crippen LogP contribution in [0.3, 0.4) is 0 Å². The smallest absolute Gasteiger partial charge is 0.0838 e. The first-order valence-corrected chi connectivity index (χ1v) is 7.31. The monoisotopic (exact) mass is 292 g/mol. The molecule has 0 amide bonds. The van der Waals surface area contributed by atoms with Crippen molar-refractivity contribution in [3.63, 3.8) is 0 Å². The van der Waals surface area contributed by atoms with Crippen LogP contribution in [0.5, 0.6) is 0 Å². The zero-order chi connectivity index (χ0) is 14.0. The van der Waals surface area contributed by atoms with E-state index in [9.17, 15) is 0 Å². The Labute approximate surface area is 125 Å². The lowest BCUT2D eigenvalue weighted by atomic mass is 9.97. The highest BCUT2D eigenvalue weighted by atomic mass is 35.5. The summed E-state index contributed by atoms with van der Waals surface area (Å²) in [5, 5.41) is 0.613. The molecular formula is C17H18Cl2. The lowest BCUT2D eigenvalue weighted by Gasteiger charge is -2.15. The zero-order valence-corrected chi connectivity index (χ0v) is 13.0. The second-order valence-electron chi connectivity index (χ2n) is 5.14. The van der Waals surface area contributed by atoms with E-state index in [1.807, 2.05) is 25.1 Å². The van der Waals surface area contributed by atoms with Crippen LogP contribution >= 0.6 is 23.2 Å². The summed E-state index contributed by atoms with van der Waals surface area (Å²) in [5.41, 5.74) is 4.57. The van der Waals surface area contributed by atoms with Crippen LogP contribution in [-0.2, 0) is 0 Å². The molecule has 100 valence electrons. The van der Waals surface area contributed by atoms with Crippen LogP contribution in [0.25, 0.3) is 0 Å². The molecule has 0 aliphatic carbocycles. The van der Waals surface area contributed by atoms with Gasteiger partial charge < -0.3 is 0 Å². The summed E-state index contributed by atoms with van der Waals surface area (Å²) in [7, 11) is 0. The molecule has 0 aromatic heterocycles. The Bertz CT molecular complexity index is 556. The summed E-state index contributed by atoms with van der Waals surface area (Å²) in [4.78, 5) is 0. The minimum absolute atomic E-state index is 0.153. The Morgan fingerprint density at radius 1 is 0.895 bits per heavy atom. The molecule has 0 saturated heterocycles. The number of alkyl halides is 1. The van der Waals surface area contributed by atoms with Gasteiger partial charge in [0.2, 0.25) is 0 Å². The van der Waals surface area contributed by atoms with Gasteiger partial charge in [0.1, 0.15) is 0 Å². The van der Waals surface area contributed by atoms with Gasteiger partial charge in [0, 0.05) is 5.02 Å². The van der Waals surface area contributed by atoms with Gasteiger partial charge in [-0.2, -0.15) is 0 Å². The van der Waals surface area contributed by atoms with Gasteiger partial charge >= 0.3 is 0 Å². The highest BCUT2D eigenvalue weighted by Crippen LogP contribution is 2.34. The van der Waals surface area contributed by atoms with Crippen molar-refractivity contribution in [2.75, 3.05) is 0 Å². The first-order valence-electron chi connectivity index (χ1n) is 6.49. The van der Waals surface area contributed by atoms with E-state index in [1.54, 1.807) is 0 Å².